The Morgan fingerprint density at radius 2 is 2.17 bits per heavy atom. The predicted molar refractivity (Wildman–Crippen MR) is 69.4 cm³/mol. The molecule has 3 rings (SSSR count). The molecule has 0 aliphatic carbocycles. The number of rotatable bonds is 2. The minimum atomic E-state index is 0.186. The second-order valence-electron chi connectivity index (χ2n) is 3.94. The van der Waals surface area contributed by atoms with Gasteiger partial charge in [-0.1, -0.05) is 17.3 Å². The van der Waals surface area contributed by atoms with Gasteiger partial charge in [-0.2, -0.15) is 16.3 Å². The van der Waals surface area contributed by atoms with Crippen LogP contribution in [0.5, 0.6) is 5.75 Å². The lowest BCUT2D eigenvalue weighted by molar-refractivity contribution is 0.432. The Kier molecular flexibility index (Phi) is 2.60. The molecule has 90 valence electrons. The molecule has 0 spiro atoms. The maximum absolute atomic E-state index is 9.42. The van der Waals surface area contributed by atoms with Gasteiger partial charge in [-0.3, -0.25) is 0 Å². The molecular weight excluding hydrogens is 248 g/mol. The van der Waals surface area contributed by atoms with Gasteiger partial charge in [0.05, 0.1) is 5.56 Å². The first-order chi connectivity index (χ1) is 8.74. The summed E-state index contributed by atoms with van der Waals surface area (Å²) in [4.78, 5) is 4.34. The van der Waals surface area contributed by atoms with Gasteiger partial charge in [0, 0.05) is 10.9 Å². The summed E-state index contributed by atoms with van der Waals surface area (Å²) in [6, 6.07) is 6.79. The van der Waals surface area contributed by atoms with Crippen molar-refractivity contribution in [3.63, 3.8) is 0 Å². The molecule has 1 aromatic carbocycles. The summed E-state index contributed by atoms with van der Waals surface area (Å²) in [6.45, 7) is 2.00. The van der Waals surface area contributed by atoms with Crippen molar-refractivity contribution >= 4 is 11.3 Å². The van der Waals surface area contributed by atoms with Gasteiger partial charge in [-0.25, -0.2) is 0 Å². The van der Waals surface area contributed by atoms with E-state index in [9.17, 15) is 5.11 Å². The third-order valence-electron chi connectivity index (χ3n) is 2.62. The molecule has 0 atom stereocenters. The van der Waals surface area contributed by atoms with E-state index in [2.05, 4.69) is 10.1 Å². The van der Waals surface area contributed by atoms with Crippen molar-refractivity contribution in [2.45, 2.75) is 6.92 Å². The molecule has 0 fully saturated rings. The van der Waals surface area contributed by atoms with E-state index in [0.29, 0.717) is 11.7 Å². The highest BCUT2D eigenvalue weighted by Gasteiger charge is 2.13. The smallest absolute Gasteiger partial charge is 0.259 e. The van der Waals surface area contributed by atoms with Crippen molar-refractivity contribution in [1.29, 1.82) is 0 Å². The van der Waals surface area contributed by atoms with Crippen LogP contribution in [0.3, 0.4) is 0 Å². The first-order valence-electron chi connectivity index (χ1n) is 5.40. The van der Waals surface area contributed by atoms with Crippen LogP contribution in [0.4, 0.5) is 0 Å². The quantitative estimate of drug-likeness (QED) is 0.764. The fourth-order valence-corrected chi connectivity index (χ4v) is 2.50. The van der Waals surface area contributed by atoms with Crippen LogP contribution in [-0.2, 0) is 0 Å². The number of aromatic hydroxyl groups is 1. The third kappa shape index (κ3) is 1.89. The number of nitrogens with zero attached hydrogens (tertiary/aromatic N) is 2. The number of aryl methyl sites for hydroxylation is 1. The molecule has 0 amide bonds. The number of phenolic OH excluding ortho intramolecular Hbond substituents is 1. The zero-order valence-electron chi connectivity index (χ0n) is 9.62. The minimum Gasteiger partial charge on any atom is -0.508 e. The first kappa shape index (κ1) is 11.0. The SMILES string of the molecule is Cc1cscc1-c1nc(-c2cccc(O)c2)no1. The van der Waals surface area contributed by atoms with Crippen molar-refractivity contribution < 1.29 is 9.63 Å². The zero-order valence-corrected chi connectivity index (χ0v) is 10.4. The number of aromatic nitrogens is 2. The maximum Gasteiger partial charge on any atom is 0.259 e. The fourth-order valence-electron chi connectivity index (χ4n) is 1.67. The molecule has 0 aliphatic heterocycles. The van der Waals surface area contributed by atoms with Gasteiger partial charge in [0.2, 0.25) is 5.82 Å². The lowest BCUT2D eigenvalue weighted by atomic mass is 10.2. The van der Waals surface area contributed by atoms with Crippen LogP contribution in [0, 0.1) is 6.92 Å². The molecular formula is C13H10N2O2S. The Balaban J connectivity index is 2.02. The van der Waals surface area contributed by atoms with Gasteiger partial charge in [0.15, 0.2) is 0 Å². The molecule has 0 bridgehead atoms. The summed E-state index contributed by atoms with van der Waals surface area (Å²) in [5.74, 6) is 1.17. The minimum absolute atomic E-state index is 0.186. The highest BCUT2D eigenvalue weighted by atomic mass is 32.1. The zero-order chi connectivity index (χ0) is 12.5. The average molecular weight is 258 g/mol. The van der Waals surface area contributed by atoms with Gasteiger partial charge in [0.1, 0.15) is 5.75 Å². The molecule has 5 heteroatoms. The van der Waals surface area contributed by atoms with Gasteiger partial charge >= 0.3 is 0 Å². The third-order valence-corrected chi connectivity index (χ3v) is 3.48. The van der Waals surface area contributed by atoms with E-state index in [1.807, 2.05) is 23.8 Å². The summed E-state index contributed by atoms with van der Waals surface area (Å²) in [5, 5.41) is 17.4. The van der Waals surface area contributed by atoms with Crippen molar-refractivity contribution in [1.82, 2.24) is 10.1 Å². The van der Waals surface area contributed by atoms with Gasteiger partial charge < -0.3 is 9.63 Å². The average Bonchev–Trinajstić information content (AvgIpc) is 2.97. The number of benzene rings is 1. The summed E-state index contributed by atoms with van der Waals surface area (Å²) in [6.07, 6.45) is 0. The number of hydrogen-bond acceptors (Lipinski definition) is 5. The topological polar surface area (TPSA) is 59.2 Å². The van der Waals surface area contributed by atoms with Gasteiger partial charge in [-0.15, -0.1) is 0 Å². The van der Waals surface area contributed by atoms with Crippen molar-refractivity contribution in [2.24, 2.45) is 0 Å². The predicted octanol–water partition coefficient (Wildman–Crippen LogP) is 3.48. The molecule has 0 radical (unpaired) electrons. The number of hydrogen-bond donors (Lipinski definition) is 1. The van der Waals surface area contributed by atoms with Crippen LogP contribution in [0.25, 0.3) is 22.8 Å². The Hall–Kier alpha value is -2.14. The molecule has 0 unspecified atom stereocenters. The van der Waals surface area contributed by atoms with Crippen LogP contribution < -0.4 is 0 Å². The lowest BCUT2D eigenvalue weighted by Crippen LogP contribution is -1.81. The van der Waals surface area contributed by atoms with Crippen molar-refractivity contribution in [3.8, 4) is 28.6 Å². The summed E-state index contributed by atoms with van der Waals surface area (Å²) in [5.41, 5.74) is 2.81. The highest BCUT2D eigenvalue weighted by molar-refractivity contribution is 7.08. The van der Waals surface area contributed by atoms with Gasteiger partial charge in [-0.05, 0) is 30.0 Å². The molecule has 0 aliphatic rings. The van der Waals surface area contributed by atoms with Crippen LogP contribution >= 0.6 is 11.3 Å². The molecule has 1 N–H and O–H groups in total. The normalized spacial score (nSPS) is 10.7. The van der Waals surface area contributed by atoms with Crippen LogP contribution in [0.1, 0.15) is 5.56 Å². The van der Waals surface area contributed by atoms with Crippen LogP contribution in [-0.4, -0.2) is 15.2 Å². The van der Waals surface area contributed by atoms with E-state index in [-0.39, 0.29) is 5.75 Å². The van der Waals surface area contributed by atoms with E-state index in [0.717, 1.165) is 16.7 Å². The largest absolute Gasteiger partial charge is 0.508 e. The first-order valence-corrected chi connectivity index (χ1v) is 6.34. The summed E-state index contributed by atoms with van der Waals surface area (Å²) >= 11 is 1.60. The Morgan fingerprint density at radius 3 is 2.89 bits per heavy atom. The van der Waals surface area contributed by atoms with E-state index in [1.165, 1.54) is 0 Å². The molecule has 2 aromatic heterocycles. The molecule has 3 aromatic rings. The van der Waals surface area contributed by atoms with E-state index >= 15 is 0 Å². The van der Waals surface area contributed by atoms with Crippen LogP contribution in [0.2, 0.25) is 0 Å². The fraction of sp³-hybridized carbons (Fsp3) is 0.0769. The van der Waals surface area contributed by atoms with E-state index in [4.69, 9.17) is 4.52 Å². The standard InChI is InChI=1S/C13H10N2O2S/c1-8-6-18-7-11(8)13-14-12(15-17-13)9-3-2-4-10(16)5-9/h2-7,16H,1H3. The Labute approximate surface area is 108 Å². The number of thiophene rings is 1. The molecule has 18 heavy (non-hydrogen) atoms. The summed E-state index contributed by atoms with van der Waals surface area (Å²) in [7, 11) is 0. The molecule has 0 saturated heterocycles. The Morgan fingerprint density at radius 1 is 1.28 bits per heavy atom. The monoisotopic (exact) mass is 258 g/mol. The highest BCUT2D eigenvalue weighted by Crippen LogP contribution is 2.28. The Bertz CT molecular complexity index is 688. The second-order valence-corrected chi connectivity index (χ2v) is 4.69. The lowest BCUT2D eigenvalue weighted by Gasteiger charge is -1.94. The van der Waals surface area contributed by atoms with Crippen molar-refractivity contribution in [3.05, 3.63) is 40.6 Å². The van der Waals surface area contributed by atoms with Gasteiger partial charge in [0.25, 0.3) is 5.89 Å². The second kappa shape index (κ2) is 4.27. The summed E-state index contributed by atoms with van der Waals surface area (Å²) < 4.78 is 5.25. The number of phenols is 1. The van der Waals surface area contributed by atoms with Crippen LogP contribution in [0.15, 0.2) is 39.5 Å². The van der Waals surface area contributed by atoms with E-state index < -0.39 is 0 Å². The molecule has 2 heterocycles. The maximum atomic E-state index is 9.42. The van der Waals surface area contributed by atoms with Crippen molar-refractivity contribution in [2.75, 3.05) is 0 Å². The molecule has 0 saturated carbocycles. The van der Waals surface area contributed by atoms with E-state index in [1.54, 1.807) is 29.5 Å². The molecule has 4 nitrogen and oxygen atoms in total.